The summed E-state index contributed by atoms with van der Waals surface area (Å²) < 4.78 is 0. The molecule has 0 aromatic heterocycles. The maximum Gasteiger partial charge on any atom is 0.303 e. The van der Waals surface area contributed by atoms with Gasteiger partial charge in [-0.15, -0.1) is 0 Å². The summed E-state index contributed by atoms with van der Waals surface area (Å²) in [7, 11) is 0. The molecule has 5 nitrogen and oxygen atoms in total. The first-order valence-electron chi connectivity index (χ1n) is 7.88. The Labute approximate surface area is 150 Å². The summed E-state index contributed by atoms with van der Waals surface area (Å²) in [5.74, 6) is -1.27. The van der Waals surface area contributed by atoms with E-state index in [0.29, 0.717) is 5.02 Å². The minimum Gasteiger partial charge on any atom is -0.481 e. The number of hydrogen-bond donors (Lipinski definition) is 2. The second-order valence-electron chi connectivity index (χ2n) is 5.71. The highest BCUT2D eigenvalue weighted by Crippen LogP contribution is 2.32. The highest BCUT2D eigenvalue weighted by Gasteiger charge is 2.30. The maximum atomic E-state index is 12.5. The van der Waals surface area contributed by atoms with E-state index in [-0.39, 0.29) is 24.8 Å². The van der Waals surface area contributed by atoms with Crippen LogP contribution in [0.25, 0.3) is 5.70 Å². The summed E-state index contributed by atoms with van der Waals surface area (Å²) in [4.78, 5) is 23.3. The van der Waals surface area contributed by atoms with E-state index in [4.69, 9.17) is 16.7 Å². The number of hydrogen-bond acceptors (Lipinski definition) is 3. The van der Waals surface area contributed by atoms with E-state index in [2.05, 4.69) is 5.43 Å². The number of carboxylic acids is 1. The van der Waals surface area contributed by atoms with Crippen LogP contribution in [-0.4, -0.2) is 22.0 Å². The largest absolute Gasteiger partial charge is 0.481 e. The average Bonchev–Trinajstić information content (AvgIpc) is 3.06. The number of aliphatic carboxylic acids is 1. The van der Waals surface area contributed by atoms with Gasteiger partial charge in [0.25, 0.3) is 0 Å². The van der Waals surface area contributed by atoms with Crippen molar-refractivity contribution in [2.75, 3.05) is 0 Å². The Kier molecular flexibility index (Phi) is 5.05. The van der Waals surface area contributed by atoms with Gasteiger partial charge in [0, 0.05) is 11.4 Å². The van der Waals surface area contributed by atoms with Crippen LogP contribution < -0.4 is 5.43 Å². The molecule has 128 valence electrons. The highest BCUT2D eigenvalue weighted by atomic mass is 35.5. The molecule has 0 aliphatic carbocycles. The van der Waals surface area contributed by atoms with Gasteiger partial charge in [-0.05, 0) is 29.3 Å². The molecule has 0 radical (unpaired) electrons. The van der Waals surface area contributed by atoms with Crippen LogP contribution in [0, 0.1) is 0 Å². The minimum atomic E-state index is -0.994. The van der Waals surface area contributed by atoms with Crippen molar-refractivity contribution in [1.82, 2.24) is 10.4 Å². The molecule has 0 fully saturated rings. The Morgan fingerprint density at radius 2 is 1.72 bits per heavy atom. The third-order valence-electron chi connectivity index (χ3n) is 3.96. The first-order valence-corrected chi connectivity index (χ1v) is 8.25. The molecule has 0 unspecified atom stereocenters. The lowest BCUT2D eigenvalue weighted by atomic mass is 10.0. The van der Waals surface area contributed by atoms with E-state index in [1.165, 1.54) is 5.01 Å². The second kappa shape index (κ2) is 7.40. The fourth-order valence-electron chi connectivity index (χ4n) is 2.70. The van der Waals surface area contributed by atoms with Crippen LogP contribution in [0.1, 0.15) is 30.0 Å². The number of rotatable bonds is 5. The van der Waals surface area contributed by atoms with Crippen LogP contribution >= 0.6 is 11.6 Å². The molecule has 1 aliphatic rings. The van der Waals surface area contributed by atoms with Crippen molar-refractivity contribution in [2.24, 2.45) is 0 Å². The standard InChI is InChI=1S/C19H17ClN2O3/c20-15-8-6-14(7-9-15)17-12-16(13-4-2-1-3-5-13)21-22(17)18(23)10-11-19(24)25/h1-9,12,17,21H,10-11H2,(H,24,25)/t17-/m1/s1. The molecule has 3 rings (SSSR count). The van der Waals surface area contributed by atoms with E-state index < -0.39 is 5.97 Å². The number of hydrazine groups is 1. The normalized spacial score (nSPS) is 16.3. The fraction of sp³-hybridized carbons (Fsp3) is 0.158. The van der Waals surface area contributed by atoms with Crippen LogP contribution in [-0.2, 0) is 9.59 Å². The Morgan fingerprint density at radius 3 is 2.36 bits per heavy atom. The molecule has 25 heavy (non-hydrogen) atoms. The monoisotopic (exact) mass is 356 g/mol. The second-order valence-corrected chi connectivity index (χ2v) is 6.15. The molecule has 0 bridgehead atoms. The smallest absolute Gasteiger partial charge is 0.303 e. The molecule has 1 amide bonds. The van der Waals surface area contributed by atoms with E-state index in [9.17, 15) is 9.59 Å². The summed E-state index contributed by atoms with van der Waals surface area (Å²) in [6.45, 7) is 0. The fourth-order valence-corrected chi connectivity index (χ4v) is 2.83. The summed E-state index contributed by atoms with van der Waals surface area (Å²) in [5.41, 5.74) is 5.77. The van der Waals surface area contributed by atoms with Crippen LogP contribution in [0.2, 0.25) is 5.02 Å². The number of benzene rings is 2. The van der Waals surface area contributed by atoms with Gasteiger partial charge >= 0.3 is 5.97 Å². The predicted octanol–water partition coefficient (Wildman–Crippen LogP) is 3.63. The molecule has 1 atom stereocenters. The number of nitrogens with one attached hydrogen (secondary N) is 1. The summed E-state index contributed by atoms with van der Waals surface area (Å²) >= 11 is 5.95. The topological polar surface area (TPSA) is 69.6 Å². The third-order valence-corrected chi connectivity index (χ3v) is 4.21. The van der Waals surface area contributed by atoms with Crippen LogP contribution in [0.15, 0.2) is 60.7 Å². The first kappa shape index (κ1) is 17.0. The lowest BCUT2D eigenvalue weighted by Gasteiger charge is -2.25. The number of nitrogens with zero attached hydrogens (tertiary/aromatic N) is 1. The van der Waals surface area contributed by atoms with Gasteiger partial charge in [-0.2, -0.15) is 0 Å². The molecule has 2 aromatic rings. The van der Waals surface area contributed by atoms with Crippen LogP contribution in [0.4, 0.5) is 0 Å². The average molecular weight is 357 g/mol. The maximum absolute atomic E-state index is 12.5. The Bertz CT molecular complexity index is 803. The van der Waals surface area contributed by atoms with Gasteiger partial charge in [0.05, 0.1) is 18.2 Å². The van der Waals surface area contributed by atoms with E-state index in [1.807, 2.05) is 48.5 Å². The zero-order valence-corrected chi connectivity index (χ0v) is 14.1. The molecule has 0 saturated carbocycles. The van der Waals surface area contributed by atoms with E-state index in [1.54, 1.807) is 12.1 Å². The SMILES string of the molecule is O=C(O)CCC(=O)N1NC(c2ccccc2)=C[C@@H]1c1ccc(Cl)cc1. The van der Waals surface area contributed by atoms with Gasteiger partial charge in [0.2, 0.25) is 5.91 Å². The quantitative estimate of drug-likeness (QED) is 0.858. The molecular formula is C19H17ClN2O3. The number of halogens is 1. The molecule has 0 spiro atoms. The number of amides is 1. The van der Waals surface area contributed by atoms with Crippen molar-refractivity contribution in [2.45, 2.75) is 18.9 Å². The summed E-state index contributed by atoms with van der Waals surface area (Å²) in [5, 5.41) is 10.9. The highest BCUT2D eigenvalue weighted by molar-refractivity contribution is 6.30. The summed E-state index contributed by atoms with van der Waals surface area (Å²) in [6, 6.07) is 16.6. The molecular weight excluding hydrogens is 340 g/mol. The number of carboxylic acid groups (broad SMARTS) is 1. The van der Waals surface area contributed by atoms with E-state index in [0.717, 1.165) is 16.8 Å². The van der Waals surface area contributed by atoms with Gasteiger partial charge in [-0.3, -0.25) is 15.0 Å². The van der Waals surface area contributed by atoms with Crippen LogP contribution in [0.5, 0.6) is 0 Å². The summed E-state index contributed by atoms with van der Waals surface area (Å²) in [6.07, 6.45) is 1.69. The number of carbonyl (C=O) groups excluding carboxylic acids is 1. The Hall–Kier alpha value is -2.79. The lowest BCUT2D eigenvalue weighted by molar-refractivity contribution is -0.142. The molecule has 6 heteroatoms. The number of carbonyl (C=O) groups is 2. The Balaban J connectivity index is 1.89. The molecule has 1 aliphatic heterocycles. The van der Waals surface area contributed by atoms with Crippen molar-refractivity contribution in [3.63, 3.8) is 0 Å². The van der Waals surface area contributed by atoms with Crippen LogP contribution in [0.3, 0.4) is 0 Å². The zero-order chi connectivity index (χ0) is 17.8. The van der Waals surface area contributed by atoms with Crippen molar-refractivity contribution in [3.05, 3.63) is 76.8 Å². The molecule has 2 aromatic carbocycles. The van der Waals surface area contributed by atoms with E-state index >= 15 is 0 Å². The van der Waals surface area contributed by atoms with Crippen molar-refractivity contribution in [3.8, 4) is 0 Å². The molecule has 2 N–H and O–H groups in total. The predicted molar refractivity (Wildman–Crippen MR) is 95.5 cm³/mol. The van der Waals surface area contributed by atoms with Crippen molar-refractivity contribution >= 4 is 29.2 Å². The van der Waals surface area contributed by atoms with Gasteiger partial charge in [-0.25, -0.2) is 5.01 Å². The lowest BCUT2D eigenvalue weighted by Crippen LogP contribution is -2.39. The van der Waals surface area contributed by atoms with Gasteiger partial charge < -0.3 is 5.11 Å². The van der Waals surface area contributed by atoms with Crippen molar-refractivity contribution in [1.29, 1.82) is 0 Å². The zero-order valence-electron chi connectivity index (χ0n) is 13.4. The minimum absolute atomic E-state index is 0.0671. The first-order chi connectivity index (χ1) is 12.0. The Morgan fingerprint density at radius 1 is 1.04 bits per heavy atom. The van der Waals surface area contributed by atoms with Crippen molar-refractivity contribution < 1.29 is 14.7 Å². The third kappa shape index (κ3) is 4.00. The molecule has 1 heterocycles. The van der Waals surface area contributed by atoms with Gasteiger partial charge in [-0.1, -0.05) is 54.1 Å². The van der Waals surface area contributed by atoms with Gasteiger partial charge in [0.15, 0.2) is 0 Å². The van der Waals surface area contributed by atoms with Gasteiger partial charge in [0.1, 0.15) is 0 Å². The molecule has 0 saturated heterocycles.